The van der Waals surface area contributed by atoms with E-state index in [2.05, 4.69) is 5.32 Å². The van der Waals surface area contributed by atoms with E-state index in [-0.39, 0.29) is 12.3 Å². The van der Waals surface area contributed by atoms with E-state index in [9.17, 15) is 14.4 Å². The van der Waals surface area contributed by atoms with Crippen molar-refractivity contribution in [3.63, 3.8) is 0 Å². The number of nitrogens with zero attached hydrogens (tertiary/aromatic N) is 1. The molecule has 150 valence electrons. The number of ether oxygens (including phenoxy) is 1. The van der Waals surface area contributed by atoms with Gasteiger partial charge in [0.15, 0.2) is 6.29 Å². The molecular weight excluding hydrogens is 388 g/mol. The van der Waals surface area contributed by atoms with Gasteiger partial charge in [0.2, 0.25) is 5.91 Å². The normalized spacial score (nSPS) is 10.6. The van der Waals surface area contributed by atoms with E-state index < -0.39 is 5.97 Å². The number of hydrogen-bond acceptors (Lipinski definition) is 5. The summed E-state index contributed by atoms with van der Waals surface area (Å²) in [4.78, 5) is 36.0. The van der Waals surface area contributed by atoms with Gasteiger partial charge in [0.25, 0.3) is 0 Å². The highest BCUT2D eigenvalue weighted by Crippen LogP contribution is 2.38. The number of thiophene rings is 1. The van der Waals surface area contributed by atoms with Crippen LogP contribution in [-0.4, -0.2) is 29.8 Å². The van der Waals surface area contributed by atoms with E-state index in [1.165, 1.54) is 18.4 Å². The second-order valence-corrected chi connectivity index (χ2v) is 7.59. The van der Waals surface area contributed by atoms with Gasteiger partial charge < -0.3 is 14.6 Å². The first-order valence-corrected chi connectivity index (χ1v) is 10.00. The van der Waals surface area contributed by atoms with E-state index in [1.54, 1.807) is 22.9 Å². The van der Waals surface area contributed by atoms with Crippen LogP contribution in [0.4, 0.5) is 5.00 Å². The van der Waals surface area contributed by atoms with Crippen LogP contribution in [0.5, 0.6) is 0 Å². The predicted octanol–water partition coefficient (Wildman–Crippen LogP) is 4.46. The molecule has 3 aromatic rings. The molecule has 1 N–H and O–H groups in total. The van der Waals surface area contributed by atoms with Crippen LogP contribution >= 0.6 is 11.3 Å². The number of amides is 1. The fourth-order valence-electron chi connectivity index (χ4n) is 3.13. The molecular formula is C22H22N2O4S. The lowest BCUT2D eigenvalue weighted by atomic mass is 9.97. The van der Waals surface area contributed by atoms with Gasteiger partial charge in [0, 0.05) is 30.1 Å². The van der Waals surface area contributed by atoms with Crippen LogP contribution in [-0.2, 0) is 16.1 Å². The molecule has 7 heteroatoms. The smallest absolute Gasteiger partial charge is 0.341 e. The predicted molar refractivity (Wildman–Crippen MR) is 114 cm³/mol. The highest BCUT2D eigenvalue weighted by molar-refractivity contribution is 7.15. The largest absolute Gasteiger partial charge is 0.465 e. The Labute approximate surface area is 173 Å². The van der Waals surface area contributed by atoms with Crippen molar-refractivity contribution in [1.82, 2.24) is 4.57 Å². The van der Waals surface area contributed by atoms with Crippen molar-refractivity contribution in [2.45, 2.75) is 26.8 Å². The summed E-state index contributed by atoms with van der Waals surface area (Å²) < 4.78 is 6.68. The summed E-state index contributed by atoms with van der Waals surface area (Å²) in [7, 11) is 1.32. The molecule has 6 nitrogen and oxygen atoms in total. The van der Waals surface area contributed by atoms with E-state index in [4.69, 9.17) is 4.74 Å². The van der Waals surface area contributed by atoms with Gasteiger partial charge in [0.05, 0.1) is 12.8 Å². The van der Waals surface area contributed by atoms with Crippen LogP contribution in [0.15, 0.2) is 41.9 Å². The molecule has 0 spiro atoms. The summed E-state index contributed by atoms with van der Waals surface area (Å²) in [6, 6.07) is 9.48. The molecule has 0 saturated heterocycles. The van der Waals surface area contributed by atoms with Crippen LogP contribution in [0.1, 0.15) is 38.4 Å². The second kappa shape index (κ2) is 8.87. The molecule has 0 radical (unpaired) electrons. The number of carbonyl (C=O) groups excluding carboxylic acids is 3. The fourth-order valence-corrected chi connectivity index (χ4v) is 4.09. The maximum atomic E-state index is 12.5. The summed E-state index contributed by atoms with van der Waals surface area (Å²) in [6.45, 7) is 4.34. The number of hydrogen-bond donors (Lipinski definition) is 1. The number of benzene rings is 1. The third kappa shape index (κ3) is 4.46. The lowest BCUT2D eigenvalue weighted by Gasteiger charge is -2.10. The van der Waals surface area contributed by atoms with Gasteiger partial charge in [0.1, 0.15) is 10.6 Å². The minimum Gasteiger partial charge on any atom is -0.465 e. The van der Waals surface area contributed by atoms with Crippen LogP contribution in [0.3, 0.4) is 0 Å². The highest BCUT2D eigenvalue weighted by atomic mass is 32.1. The molecule has 0 fully saturated rings. The molecule has 29 heavy (non-hydrogen) atoms. The Morgan fingerprint density at radius 1 is 1.21 bits per heavy atom. The number of methoxy groups -OCH3 is 1. The zero-order valence-electron chi connectivity index (χ0n) is 16.5. The number of rotatable bonds is 7. The molecule has 0 aliphatic rings. The van der Waals surface area contributed by atoms with Gasteiger partial charge in [-0.1, -0.05) is 23.8 Å². The number of anilines is 1. The maximum absolute atomic E-state index is 12.5. The topological polar surface area (TPSA) is 77.4 Å². The molecule has 1 aromatic carbocycles. The molecule has 0 unspecified atom stereocenters. The monoisotopic (exact) mass is 410 g/mol. The second-order valence-electron chi connectivity index (χ2n) is 6.71. The Hall–Kier alpha value is -3.19. The first-order valence-electron chi connectivity index (χ1n) is 9.12. The van der Waals surface area contributed by atoms with Gasteiger partial charge >= 0.3 is 5.97 Å². The highest BCUT2D eigenvalue weighted by Gasteiger charge is 2.23. The van der Waals surface area contributed by atoms with Crippen molar-refractivity contribution < 1.29 is 19.1 Å². The number of aldehydes is 1. The molecule has 1 amide bonds. The molecule has 0 aliphatic carbocycles. The lowest BCUT2D eigenvalue weighted by molar-refractivity contribution is -0.116. The molecule has 3 rings (SSSR count). The van der Waals surface area contributed by atoms with E-state index >= 15 is 0 Å². The number of aromatic nitrogens is 1. The summed E-state index contributed by atoms with van der Waals surface area (Å²) >= 11 is 1.29. The molecule has 0 bridgehead atoms. The van der Waals surface area contributed by atoms with Crippen molar-refractivity contribution in [1.29, 1.82) is 0 Å². The Balaban J connectivity index is 1.85. The van der Waals surface area contributed by atoms with Gasteiger partial charge in [-0.15, -0.1) is 11.3 Å². The van der Waals surface area contributed by atoms with Crippen molar-refractivity contribution in [3.05, 3.63) is 64.3 Å². The van der Waals surface area contributed by atoms with Crippen molar-refractivity contribution in [3.8, 4) is 11.1 Å². The number of aryl methyl sites for hydroxylation is 3. The van der Waals surface area contributed by atoms with Gasteiger partial charge in [-0.05, 0) is 37.1 Å². The van der Waals surface area contributed by atoms with E-state index in [1.807, 2.05) is 37.4 Å². The van der Waals surface area contributed by atoms with E-state index in [0.717, 1.165) is 28.5 Å². The minimum absolute atomic E-state index is 0.173. The van der Waals surface area contributed by atoms with Gasteiger partial charge in [-0.3, -0.25) is 9.59 Å². The molecule has 2 aromatic heterocycles. The first kappa shape index (κ1) is 20.5. The van der Waals surface area contributed by atoms with Gasteiger partial charge in [-0.25, -0.2) is 4.79 Å². The Bertz CT molecular complexity index is 1060. The lowest BCUT2D eigenvalue weighted by Crippen LogP contribution is -2.16. The zero-order valence-corrected chi connectivity index (χ0v) is 17.3. The Morgan fingerprint density at radius 2 is 2.00 bits per heavy atom. The SMILES string of the molecule is COC(=O)c1c(-c2cc(C)ccc2C)csc1NC(=O)CCn1cccc1C=O. The van der Waals surface area contributed by atoms with Crippen LogP contribution < -0.4 is 5.32 Å². The van der Waals surface area contributed by atoms with E-state index in [0.29, 0.717) is 22.8 Å². The number of carbonyl (C=O) groups is 3. The first-order chi connectivity index (χ1) is 13.9. The third-order valence-corrected chi connectivity index (χ3v) is 5.58. The maximum Gasteiger partial charge on any atom is 0.341 e. The van der Waals surface area contributed by atoms with Crippen molar-refractivity contribution >= 4 is 34.5 Å². The fraction of sp³-hybridized carbons (Fsp3) is 0.227. The summed E-state index contributed by atoms with van der Waals surface area (Å²) in [5, 5.41) is 5.15. The minimum atomic E-state index is -0.494. The summed E-state index contributed by atoms with van der Waals surface area (Å²) in [5.41, 5.74) is 4.66. The van der Waals surface area contributed by atoms with Crippen LogP contribution in [0, 0.1) is 13.8 Å². The number of nitrogens with one attached hydrogen (secondary N) is 1. The average molecular weight is 410 g/mol. The summed E-state index contributed by atoms with van der Waals surface area (Å²) in [6.07, 6.45) is 2.68. The van der Waals surface area contributed by atoms with Crippen molar-refractivity contribution in [2.75, 3.05) is 12.4 Å². The standard InChI is InChI=1S/C22H22N2O4S/c1-14-6-7-15(2)17(11-14)18-13-29-21(20(18)22(27)28-3)23-19(26)8-10-24-9-4-5-16(24)12-25/h4-7,9,11-13H,8,10H2,1-3H3,(H,23,26). The zero-order chi connectivity index (χ0) is 21.0. The molecule has 2 heterocycles. The average Bonchev–Trinajstić information content (AvgIpc) is 3.34. The molecule has 0 atom stereocenters. The van der Waals surface area contributed by atoms with Crippen molar-refractivity contribution in [2.24, 2.45) is 0 Å². The molecule has 0 aliphatic heterocycles. The third-order valence-electron chi connectivity index (χ3n) is 4.68. The molecule has 0 saturated carbocycles. The van der Waals surface area contributed by atoms with Crippen LogP contribution in [0.2, 0.25) is 0 Å². The summed E-state index contributed by atoms with van der Waals surface area (Å²) in [5.74, 6) is -0.735. The number of esters is 1. The Morgan fingerprint density at radius 3 is 2.72 bits per heavy atom. The Kier molecular flexibility index (Phi) is 6.29. The van der Waals surface area contributed by atoms with Gasteiger partial charge in [-0.2, -0.15) is 0 Å². The van der Waals surface area contributed by atoms with Crippen LogP contribution in [0.25, 0.3) is 11.1 Å². The quantitative estimate of drug-likeness (QED) is 0.461.